The number of hydrogen-bond acceptors (Lipinski definition) is 3. The largest absolute Gasteiger partial charge is 0.497 e. The monoisotopic (exact) mass is 474 g/mol. The summed E-state index contributed by atoms with van der Waals surface area (Å²) in [5, 5.41) is 6.82. The van der Waals surface area contributed by atoms with Crippen LogP contribution in [0.1, 0.15) is 31.2 Å². The molecule has 26 heavy (non-hydrogen) atoms. The van der Waals surface area contributed by atoms with E-state index >= 15 is 0 Å². The van der Waals surface area contributed by atoms with Crippen molar-refractivity contribution < 1.29 is 9.53 Å². The molecule has 0 radical (unpaired) electrons. The first-order valence-corrected chi connectivity index (χ1v) is 8.96. The second kappa shape index (κ2) is 12.0. The van der Waals surface area contributed by atoms with E-state index < -0.39 is 0 Å². The molecule has 0 aliphatic heterocycles. The summed E-state index contributed by atoms with van der Waals surface area (Å²) in [7, 11) is 5.17. The maximum atomic E-state index is 11.8. The van der Waals surface area contributed by atoms with E-state index in [2.05, 4.69) is 27.8 Å². The fourth-order valence-corrected chi connectivity index (χ4v) is 2.82. The van der Waals surface area contributed by atoms with E-state index in [9.17, 15) is 4.79 Å². The van der Waals surface area contributed by atoms with Gasteiger partial charge >= 0.3 is 0 Å². The number of hydrogen-bond donors (Lipinski definition) is 2. The lowest BCUT2D eigenvalue weighted by Crippen LogP contribution is -2.43. The molecule has 1 aliphatic carbocycles. The van der Waals surface area contributed by atoms with Gasteiger partial charge in [0.05, 0.1) is 7.11 Å². The Morgan fingerprint density at radius 3 is 2.46 bits per heavy atom. The molecule has 1 aromatic rings. The molecule has 0 heterocycles. The topological polar surface area (TPSA) is 66.0 Å². The second-order valence-corrected chi connectivity index (χ2v) is 6.60. The molecular formula is C19H31IN4O2. The van der Waals surface area contributed by atoms with Crippen LogP contribution in [0.5, 0.6) is 5.75 Å². The number of nitrogens with one attached hydrogen (secondary N) is 2. The highest BCUT2D eigenvalue weighted by molar-refractivity contribution is 14.0. The zero-order chi connectivity index (χ0) is 18.1. The summed E-state index contributed by atoms with van der Waals surface area (Å²) in [6.07, 6.45) is 5.74. The smallest absolute Gasteiger partial charge is 0.243 e. The summed E-state index contributed by atoms with van der Waals surface area (Å²) in [6, 6.07) is 8.53. The summed E-state index contributed by atoms with van der Waals surface area (Å²) >= 11 is 0. The minimum absolute atomic E-state index is 0. The molecule has 0 aromatic heterocycles. The van der Waals surface area contributed by atoms with Crippen molar-refractivity contribution >= 4 is 35.8 Å². The number of halogens is 1. The number of benzene rings is 1. The van der Waals surface area contributed by atoms with Crippen LogP contribution in [0.3, 0.4) is 0 Å². The Labute approximate surface area is 173 Å². The minimum Gasteiger partial charge on any atom is -0.497 e. The molecule has 2 N–H and O–H groups in total. The average molecular weight is 474 g/mol. The van der Waals surface area contributed by atoms with Gasteiger partial charge in [0.2, 0.25) is 5.91 Å². The zero-order valence-electron chi connectivity index (χ0n) is 16.0. The molecule has 0 spiro atoms. The predicted molar refractivity (Wildman–Crippen MR) is 117 cm³/mol. The third-order valence-corrected chi connectivity index (χ3v) is 4.43. The third-order valence-electron chi connectivity index (χ3n) is 4.43. The van der Waals surface area contributed by atoms with Crippen LogP contribution in [0.15, 0.2) is 29.3 Å². The van der Waals surface area contributed by atoms with Crippen LogP contribution in [0, 0.1) is 0 Å². The number of amides is 1. The first kappa shape index (κ1) is 22.5. The van der Waals surface area contributed by atoms with Gasteiger partial charge in [0.15, 0.2) is 5.96 Å². The van der Waals surface area contributed by atoms with Crippen molar-refractivity contribution in [2.75, 3.05) is 34.3 Å². The van der Waals surface area contributed by atoms with Crippen molar-refractivity contribution in [3.63, 3.8) is 0 Å². The number of carbonyl (C=O) groups is 1. The first-order valence-electron chi connectivity index (χ1n) is 8.96. The van der Waals surface area contributed by atoms with Gasteiger partial charge in [0.1, 0.15) is 12.3 Å². The number of aliphatic imine (C=N–C) groups is 1. The fourth-order valence-electron chi connectivity index (χ4n) is 2.82. The number of nitrogens with zero attached hydrogens (tertiary/aromatic N) is 2. The Morgan fingerprint density at radius 1 is 1.23 bits per heavy atom. The molecule has 1 aromatic carbocycles. The van der Waals surface area contributed by atoms with Crippen LogP contribution < -0.4 is 15.4 Å². The van der Waals surface area contributed by atoms with E-state index in [4.69, 9.17) is 4.74 Å². The molecule has 0 unspecified atom stereocenters. The fraction of sp³-hybridized carbons (Fsp3) is 0.579. The Hall–Kier alpha value is -1.51. The van der Waals surface area contributed by atoms with Gasteiger partial charge in [-0.05, 0) is 37.0 Å². The van der Waals surface area contributed by atoms with Crippen LogP contribution in [-0.4, -0.2) is 57.1 Å². The summed E-state index contributed by atoms with van der Waals surface area (Å²) in [4.78, 5) is 17.8. The van der Waals surface area contributed by atoms with E-state index in [1.165, 1.54) is 31.2 Å². The van der Waals surface area contributed by atoms with Gasteiger partial charge in [-0.3, -0.25) is 4.79 Å². The zero-order valence-corrected chi connectivity index (χ0v) is 18.3. The van der Waals surface area contributed by atoms with Gasteiger partial charge < -0.3 is 20.3 Å². The average Bonchev–Trinajstić information content (AvgIpc) is 3.12. The lowest BCUT2D eigenvalue weighted by molar-refractivity contribution is -0.127. The van der Waals surface area contributed by atoms with E-state index in [1.807, 2.05) is 12.1 Å². The van der Waals surface area contributed by atoms with Gasteiger partial charge in [-0.25, -0.2) is 4.99 Å². The Morgan fingerprint density at radius 2 is 1.88 bits per heavy atom. The quantitative estimate of drug-likeness (QED) is 0.362. The van der Waals surface area contributed by atoms with Crippen molar-refractivity contribution in [2.45, 2.75) is 38.1 Å². The summed E-state index contributed by atoms with van der Waals surface area (Å²) in [5.74, 6) is 1.60. The van der Waals surface area contributed by atoms with Crippen LogP contribution in [0.25, 0.3) is 0 Å². The Kier molecular flexibility index (Phi) is 10.4. The van der Waals surface area contributed by atoms with Crippen LogP contribution in [0.4, 0.5) is 0 Å². The second-order valence-electron chi connectivity index (χ2n) is 6.60. The number of ether oxygens (including phenoxy) is 1. The molecule has 6 nitrogen and oxygen atoms in total. The predicted octanol–water partition coefficient (Wildman–Crippen LogP) is 2.42. The van der Waals surface area contributed by atoms with Crippen LogP contribution in [0.2, 0.25) is 0 Å². The van der Waals surface area contributed by atoms with Gasteiger partial charge in [-0.2, -0.15) is 0 Å². The standard InChI is InChI=1S/C19H30N4O2.HI/c1-23(2)18(24)14-21-19(22-16-6-4-5-7-16)20-13-12-15-8-10-17(25-3)11-9-15;/h8-11,16H,4-7,12-14H2,1-3H3,(H2,20,21,22);1H. The number of rotatable bonds is 7. The maximum Gasteiger partial charge on any atom is 0.243 e. The lowest BCUT2D eigenvalue weighted by atomic mass is 10.1. The van der Waals surface area contributed by atoms with Crippen LogP contribution >= 0.6 is 24.0 Å². The van der Waals surface area contributed by atoms with Gasteiger partial charge in [0.25, 0.3) is 0 Å². The maximum absolute atomic E-state index is 11.8. The highest BCUT2D eigenvalue weighted by Gasteiger charge is 2.16. The molecule has 146 valence electrons. The third kappa shape index (κ3) is 7.80. The molecule has 7 heteroatoms. The minimum atomic E-state index is 0. The molecule has 1 aliphatic rings. The highest BCUT2D eigenvalue weighted by atomic mass is 127. The van der Waals surface area contributed by atoms with Crippen molar-refractivity contribution in [3.8, 4) is 5.75 Å². The SMILES string of the molecule is COc1ccc(CCNC(=NCC(=O)N(C)C)NC2CCCC2)cc1.I. The molecular weight excluding hydrogens is 443 g/mol. The van der Waals surface area contributed by atoms with E-state index in [0.29, 0.717) is 6.04 Å². The highest BCUT2D eigenvalue weighted by Crippen LogP contribution is 2.17. The molecule has 1 amide bonds. The summed E-state index contributed by atoms with van der Waals surface area (Å²) in [6.45, 7) is 0.929. The normalized spacial score (nSPS) is 14.5. The molecule has 1 fully saturated rings. The number of methoxy groups -OCH3 is 1. The first-order chi connectivity index (χ1) is 12.1. The number of guanidine groups is 1. The van der Waals surface area contributed by atoms with Crippen LogP contribution in [-0.2, 0) is 11.2 Å². The van der Waals surface area contributed by atoms with E-state index in [0.717, 1.165) is 24.7 Å². The van der Waals surface area contributed by atoms with Gasteiger partial charge in [-0.15, -0.1) is 24.0 Å². The van der Waals surface area contributed by atoms with Crippen molar-refractivity contribution in [1.29, 1.82) is 0 Å². The Balaban J connectivity index is 0.00000338. The van der Waals surface area contributed by atoms with E-state index in [-0.39, 0.29) is 36.4 Å². The van der Waals surface area contributed by atoms with Crippen molar-refractivity contribution in [1.82, 2.24) is 15.5 Å². The lowest BCUT2D eigenvalue weighted by Gasteiger charge is -2.18. The van der Waals surface area contributed by atoms with E-state index in [1.54, 1.807) is 26.1 Å². The van der Waals surface area contributed by atoms with Crippen molar-refractivity contribution in [2.24, 2.45) is 4.99 Å². The molecule has 0 bridgehead atoms. The van der Waals surface area contributed by atoms with Gasteiger partial charge in [0, 0.05) is 26.7 Å². The number of carbonyl (C=O) groups excluding carboxylic acids is 1. The molecule has 2 rings (SSSR count). The van der Waals surface area contributed by atoms with Gasteiger partial charge in [-0.1, -0.05) is 25.0 Å². The molecule has 0 saturated heterocycles. The molecule has 0 atom stereocenters. The summed E-state index contributed by atoms with van der Waals surface area (Å²) in [5.41, 5.74) is 1.23. The van der Waals surface area contributed by atoms with Crippen molar-refractivity contribution in [3.05, 3.63) is 29.8 Å². The summed E-state index contributed by atoms with van der Waals surface area (Å²) < 4.78 is 5.18. The number of likely N-dealkylation sites (N-methyl/N-ethyl adjacent to an activating group) is 1. The molecule has 1 saturated carbocycles. The Bertz CT molecular complexity index is 569.